The van der Waals surface area contributed by atoms with Crippen molar-refractivity contribution in [3.05, 3.63) is 29.8 Å². The normalized spacial score (nSPS) is 21.4. The molecule has 3 rings (SSSR count). The highest BCUT2D eigenvalue weighted by atomic mass is 32.2. The molecule has 0 aliphatic carbocycles. The fourth-order valence-corrected chi connectivity index (χ4v) is 4.60. The van der Waals surface area contributed by atoms with Crippen LogP contribution in [0.15, 0.2) is 24.3 Å². The first-order valence-electron chi connectivity index (χ1n) is 8.27. The largest absolute Gasteiger partial charge is 0.416 e. The van der Waals surface area contributed by atoms with Crippen molar-refractivity contribution in [2.24, 2.45) is 0 Å². The third-order valence-electron chi connectivity index (χ3n) is 4.39. The van der Waals surface area contributed by atoms with Crippen molar-refractivity contribution in [2.75, 3.05) is 18.0 Å². The lowest BCUT2D eigenvalue weighted by Gasteiger charge is -2.29. The number of carbonyl (C=O) groups is 2. The fraction of sp³-hybridized carbons (Fsp3) is 0.471. The SMILES string of the molecule is O=C1C[C@@H](SC(=S)N2CCCCC2)C(=O)N1c1cccc(C(F)(F)F)c1. The number of likely N-dealkylation sites (tertiary alicyclic amines) is 1. The average Bonchev–Trinajstić information content (AvgIpc) is 2.88. The van der Waals surface area contributed by atoms with Crippen LogP contribution in [-0.2, 0) is 15.8 Å². The number of piperidine rings is 1. The van der Waals surface area contributed by atoms with Crippen LogP contribution in [0.4, 0.5) is 18.9 Å². The molecule has 9 heteroatoms. The minimum atomic E-state index is -4.54. The van der Waals surface area contributed by atoms with E-state index in [1.165, 1.54) is 12.1 Å². The highest BCUT2D eigenvalue weighted by molar-refractivity contribution is 8.23. The summed E-state index contributed by atoms with van der Waals surface area (Å²) >= 11 is 6.54. The van der Waals surface area contributed by atoms with Crippen LogP contribution in [0.5, 0.6) is 0 Å². The molecule has 2 saturated heterocycles. The smallest absolute Gasteiger partial charge is 0.358 e. The van der Waals surface area contributed by atoms with Gasteiger partial charge in [-0.15, -0.1) is 0 Å². The number of rotatable bonds is 2. The van der Waals surface area contributed by atoms with Gasteiger partial charge in [0, 0.05) is 19.5 Å². The Labute approximate surface area is 158 Å². The van der Waals surface area contributed by atoms with E-state index in [9.17, 15) is 22.8 Å². The molecular formula is C17H17F3N2O2S2. The van der Waals surface area contributed by atoms with Gasteiger partial charge in [-0.3, -0.25) is 9.59 Å². The second-order valence-electron chi connectivity index (χ2n) is 6.24. The van der Waals surface area contributed by atoms with Crippen LogP contribution in [0.2, 0.25) is 0 Å². The Morgan fingerprint density at radius 2 is 1.85 bits per heavy atom. The van der Waals surface area contributed by atoms with Gasteiger partial charge in [0.1, 0.15) is 9.57 Å². The maximum absolute atomic E-state index is 12.9. The molecule has 26 heavy (non-hydrogen) atoms. The maximum atomic E-state index is 12.9. The van der Waals surface area contributed by atoms with Crippen LogP contribution >= 0.6 is 24.0 Å². The van der Waals surface area contributed by atoms with Crippen LogP contribution in [-0.4, -0.2) is 39.4 Å². The number of benzene rings is 1. The molecule has 0 bridgehead atoms. The summed E-state index contributed by atoms with van der Waals surface area (Å²) in [6, 6.07) is 4.26. The van der Waals surface area contributed by atoms with E-state index in [4.69, 9.17) is 12.2 Å². The Balaban J connectivity index is 1.74. The summed E-state index contributed by atoms with van der Waals surface area (Å²) in [6.07, 6.45) is -1.38. The lowest BCUT2D eigenvalue weighted by molar-refractivity contribution is -0.137. The van der Waals surface area contributed by atoms with Crippen molar-refractivity contribution < 1.29 is 22.8 Å². The molecule has 2 aliphatic heterocycles. The van der Waals surface area contributed by atoms with Crippen LogP contribution < -0.4 is 4.90 Å². The first kappa shape index (κ1) is 19.2. The first-order chi connectivity index (χ1) is 12.3. The molecule has 2 heterocycles. The Kier molecular flexibility index (Phi) is 5.57. The number of nitrogens with zero attached hydrogens (tertiary/aromatic N) is 2. The molecule has 0 N–H and O–H groups in total. The minimum Gasteiger partial charge on any atom is -0.358 e. The zero-order valence-electron chi connectivity index (χ0n) is 13.8. The van der Waals surface area contributed by atoms with Gasteiger partial charge >= 0.3 is 6.18 Å². The number of thioether (sulfide) groups is 1. The molecule has 140 valence electrons. The number of hydrogen-bond acceptors (Lipinski definition) is 4. The van der Waals surface area contributed by atoms with Crippen molar-refractivity contribution in [3.8, 4) is 0 Å². The molecule has 2 amide bonds. The first-order valence-corrected chi connectivity index (χ1v) is 9.56. The van der Waals surface area contributed by atoms with Crippen molar-refractivity contribution in [1.82, 2.24) is 4.90 Å². The molecule has 1 aromatic carbocycles. The monoisotopic (exact) mass is 402 g/mol. The summed E-state index contributed by atoms with van der Waals surface area (Å²) in [6.45, 7) is 1.66. The Bertz CT molecular complexity index is 733. The van der Waals surface area contributed by atoms with Gasteiger partial charge in [0.15, 0.2) is 0 Å². The summed E-state index contributed by atoms with van der Waals surface area (Å²) in [5, 5.41) is -0.688. The predicted molar refractivity (Wildman–Crippen MR) is 98.0 cm³/mol. The van der Waals surface area contributed by atoms with E-state index in [0.717, 1.165) is 61.1 Å². The second-order valence-corrected chi connectivity index (χ2v) is 8.08. The maximum Gasteiger partial charge on any atom is 0.416 e. The van der Waals surface area contributed by atoms with Gasteiger partial charge in [0.05, 0.1) is 11.3 Å². The molecule has 0 radical (unpaired) electrons. The van der Waals surface area contributed by atoms with Gasteiger partial charge < -0.3 is 4.90 Å². The number of anilines is 1. The molecule has 0 unspecified atom stereocenters. The molecular weight excluding hydrogens is 385 g/mol. The predicted octanol–water partition coefficient (Wildman–Crippen LogP) is 3.84. The molecule has 0 aromatic heterocycles. The quantitative estimate of drug-likeness (QED) is 0.555. The third kappa shape index (κ3) is 4.03. The van der Waals surface area contributed by atoms with E-state index in [0.29, 0.717) is 4.32 Å². The van der Waals surface area contributed by atoms with Crippen molar-refractivity contribution in [1.29, 1.82) is 0 Å². The van der Waals surface area contributed by atoms with E-state index in [-0.39, 0.29) is 12.1 Å². The van der Waals surface area contributed by atoms with E-state index in [2.05, 4.69) is 0 Å². The summed E-state index contributed by atoms with van der Waals surface area (Å²) in [4.78, 5) is 27.7. The lowest BCUT2D eigenvalue weighted by Crippen LogP contribution is -2.35. The summed E-state index contributed by atoms with van der Waals surface area (Å²) in [5.41, 5.74) is -0.947. The summed E-state index contributed by atoms with van der Waals surface area (Å²) in [5.74, 6) is -1.02. The molecule has 1 atom stereocenters. The van der Waals surface area contributed by atoms with E-state index in [1.807, 2.05) is 4.90 Å². The topological polar surface area (TPSA) is 40.6 Å². The molecule has 2 fully saturated rings. The molecule has 4 nitrogen and oxygen atoms in total. The van der Waals surface area contributed by atoms with Gasteiger partial charge in [0.2, 0.25) is 11.8 Å². The number of thiocarbonyl (C=S) groups is 1. The van der Waals surface area contributed by atoms with Gasteiger partial charge in [-0.05, 0) is 37.5 Å². The number of halogens is 3. The highest BCUT2D eigenvalue weighted by Crippen LogP contribution is 2.35. The van der Waals surface area contributed by atoms with Crippen LogP contribution in [0, 0.1) is 0 Å². The van der Waals surface area contributed by atoms with Crippen molar-refractivity contribution in [3.63, 3.8) is 0 Å². The van der Waals surface area contributed by atoms with Gasteiger partial charge in [-0.2, -0.15) is 13.2 Å². The van der Waals surface area contributed by atoms with E-state index in [1.54, 1.807) is 0 Å². The lowest BCUT2D eigenvalue weighted by atomic mass is 10.1. The molecule has 1 aromatic rings. The Morgan fingerprint density at radius 3 is 2.50 bits per heavy atom. The number of carbonyl (C=O) groups excluding carboxylic acids is 2. The number of imide groups is 1. The molecule has 0 spiro atoms. The summed E-state index contributed by atoms with van der Waals surface area (Å²) in [7, 11) is 0. The zero-order chi connectivity index (χ0) is 18.9. The third-order valence-corrected chi connectivity index (χ3v) is 6.05. The molecule has 0 saturated carbocycles. The minimum absolute atomic E-state index is 0.0539. The molecule has 2 aliphatic rings. The van der Waals surface area contributed by atoms with Gasteiger partial charge in [0.25, 0.3) is 0 Å². The highest BCUT2D eigenvalue weighted by Gasteiger charge is 2.42. The second kappa shape index (κ2) is 7.56. The van der Waals surface area contributed by atoms with Crippen molar-refractivity contribution in [2.45, 2.75) is 37.1 Å². The number of amides is 2. The van der Waals surface area contributed by atoms with Crippen molar-refractivity contribution >= 4 is 45.8 Å². The van der Waals surface area contributed by atoms with Crippen LogP contribution in [0.25, 0.3) is 0 Å². The number of alkyl halides is 3. The zero-order valence-corrected chi connectivity index (χ0v) is 15.4. The van der Waals surface area contributed by atoms with Crippen LogP contribution in [0.1, 0.15) is 31.2 Å². The average molecular weight is 402 g/mol. The number of hydrogen-bond donors (Lipinski definition) is 0. The van der Waals surface area contributed by atoms with Gasteiger partial charge in [-0.1, -0.05) is 30.0 Å². The fourth-order valence-electron chi connectivity index (χ4n) is 3.06. The Morgan fingerprint density at radius 1 is 1.15 bits per heavy atom. The van der Waals surface area contributed by atoms with E-state index < -0.39 is 28.8 Å². The van der Waals surface area contributed by atoms with Crippen LogP contribution in [0.3, 0.4) is 0 Å². The van der Waals surface area contributed by atoms with E-state index >= 15 is 0 Å². The standard InChI is InChI=1S/C17H17F3N2O2S2/c18-17(19,20)11-5-4-6-12(9-11)22-14(23)10-13(15(22)24)26-16(25)21-7-2-1-3-8-21/h4-6,9,13H,1-3,7-8,10H2/t13-/m1/s1. The summed E-state index contributed by atoms with van der Waals surface area (Å²) < 4.78 is 39.2. The van der Waals surface area contributed by atoms with Gasteiger partial charge in [-0.25, -0.2) is 4.90 Å². The Hall–Kier alpha value is -1.61.